The van der Waals surface area contributed by atoms with Crippen LogP contribution in [0.4, 0.5) is 0 Å². The van der Waals surface area contributed by atoms with E-state index in [9.17, 15) is 9.59 Å². The molecular weight excluding hydrogens is 446 g/mol. The van der Waals surface area contributed by atoms with Gasteiger partial charge >= 0.3 is 0 Å². The first-order valence-electron chi connectivity index (χ1n) is 11.4. The van der Waals surface area contributed by atoms with E-state index in [0.29, 0.717) is 24.5 Å². The summed E-state index contributed by atoms with van der Waals surface area (Å²) in [5, 5.41) is 5.17. The number of nitrogens with zero attached hydrogens (tertiary/aromatic N) is 2. The molecule has 1 N–H and O–H groups in total. The van der Waals surface area contributed by atoms with Crippen molar-refractivity contribution < 1.29 is 14.3 Å². The standard InChI is InChI=1S/C27H29N3O3S/c1-4-13-28-26(31)23-17-34-24(29-23)16-33-21-11-10-19-12-14-30(27(32)18(2)3)25(22(19)15-21)20-8-6-5-7-9-20/h4-11,15,17-18,25H,1,12-14,16H2,2-3H3,(H,28,31). The minimum absolute atomic E-state index is 0.0741. The molecule has 0 aliphatic carbocycles. The van der Waals surface area contributed by atoms with Crippen LogP contribution in [-0.2, 0) is 17.8 Å². The van der Waals surface area contributed by atoms with Gasteiger partial charge in [0.15, 0.2) is 0 Å². The monoisotopic (exact) mass is 475 g/mol. The molecule has 176 valence electrons. The smallest absolute Gasteiger partial charge is 0.271 e. The molecule has 0 radical (unpaired) electrons. The van der Waals surface area contributed by atoms with Gasteiger partial charge in [-0.15, -0.1) is 17.9 Å². The number of rotatable bonds is 8. The Labute approximate surface area is 204 Å². The van der Waals surface area contributed by atoms with Crippen LogP contribution in [0.3, 0.4) is 0 Å². The van der Waals surface area contributed by atoms with Gasteiger partial charge in [-0.25, -0.2) is 4.98 Å². The Morgan fingerprint density at radius 2 is 2.06 bits per heavy atom. The minimum atomic E-state index is -0.225. The number of benzene rings is 2. The van der Waals surface area contributed by atoms with Gasteiger partial charge in [-0.05, 0) is 35.2 Å². The third-order valence-corrected chi connectivity index (χ3v) is 6.61. The lowest BCUT2D eigenvalue weighted by Crippen LogP contribution is -2.42. The number of nitrogens with one attached hydrogen (secondary N) is 1. The zero-order valence-electron chi connectivity index (χ0n) is 19.5. The van der Waals surface area contributed by atoms with Crippen molar-refractivity contribution in [2.24, 2.45) is 5.92 Å². The van der Waals surface area contributed by atoms with Gasteiger partial charge in [-0.1, -0.05) is 56.3 Å². The van der Waals surface area contributed by atoms with Crippen LogP contribution in [0.1, 0.15) is 52.1 Å². The molecule has 1 aliphatic heterocycles. The van der Waals surface area contributed by atoms with Gasteiger partial charge in [-0.2, -0.15) is 0 Å². The van der Waals surface area contributed by atoms with Crippen molar-refractivity contribution in [3.8, 4) is 5.75 Å². The van der Waals surface area contributed by atoms with E-state index in [4.69, 9.17) is 4.74 Å². The predicted molar refractivity (Wildman–Crippen MR) is 134 cm³/mol. The molecule has 1 aromatic heterocycles. The largest absolute Gasteiger partial charge is 0.486 e. The van der Waals surface area contributed by atoms with Gasteiger partial charge in [0, 0.05) is 24.4 Å². The summed E-state index contributed by atoms with van der Waals surface area (Å²) in [6, 6.07) is 16.1. The maximum absolute atomic E-state index is 13.1. The van der Waals surface area contributed by atoms with Crippen LogP contribution in [0, 0.1) is 5.92 Å². The number of thiazole rings is 1. The van der Waals surface area contributed by atoms with Gasteiger partial charge in [0.05, 0.1) is 6.04 Å². The van der Waals surface area contributed by atoms with Crippen molar-refractivity contribution >= 4 is 23.2 Å². The SMILES string of the molecule is C=CCNC(=O)c1csc(COc2ccc3c(c2)C(c2ccccc2)N(C(=O)C(C)C)CC3)n1. The van der Waals surface area contributed by atoms with E-state index in [2.05, 4.69) is 35.1 Å². The highest BCUT2D eigenvalue weighted by Crippen LogP contribution is 2.38. The Kier molecular flexibility index (Phi) is 7.43. The summed E-state index contributed by atoms with van der Waals surface area (Å²) in [5.74, 6) is 0.564. The summed E-state index contributed by atoms with van der Waals surface area (Å²) in [6.45, 7) is 8.85. The summed E-state index contributed by atoms with van der Waals surface area (Å²) in [7, 11) is 0. The summed E-state index contributed by atoms with van der Waals surface area (Å²) in [4.78, 5) is 31.5. The number of carbonyl (C=O) groups excluding carboxylic acids is 2. The zero-order chi connectivity index (χ0) is 24.1. The van der Waals surface area contributed by atoms with Crippen molar-refractivity contribution in [3.05, 3.63) is 94.0 Å². The fraction of sp³-hybridized carbons (Fsp3) is 0.296. The van der Waals surface area contributed by atoms with Gasteiger partial charge in [-0.3, -0.25) is 9.59 Å². The molecule has 6 nitrogen and oxygen atoms in total. The van der Waals surface area contributed by atoms with Crippen molar-refractivity contribution in [1.82, 2.24) is 15.2 Å². The number of aromatic nitrogens is 1. The van der Waals surface area contributed by atoms with Crippen LogP contribution in [-0.4, -0.2) is 34.8 Å². The van der Waals surface area contributed by atoms with Gasteiger partial charge < -0.3 is 15.0 Å². The summed E-state index contributed by atoms with van der Waals surface area (Å²) < 4.78 is 6.06. The second kappa shape index (κ2) is 10.7. The van der Waals surface area contributed by atoms with E-state index in [1.807, 2.05) is 49.1 Å². The summed E-state index contributed by atoms with van der Waals surface area (Å²) in [5.41, 5.74) is 3.78. The lowest BCUT2D eigenvalue weighted by molar-refractivity contribution is -0.136. The second-order valence-electron chi connectivity index (χ2n) is 8.52. The quantitative estimate of drug-likeness (QED) is 0.477. The molecule has 1 aliphatic rings. The molecule has 2 amide bonds. The number of hydrogen-bond donors (Lipinski definition) is 1. The molecule has 1 unspecified atom stereocenters. The second-order valence-corrected chi connectivity index (χ2v) is 9.47. The lowest BCUT2D eigenvalue weighted by atomic mass is 9.87. The Morgan fingerprint density at radius 1 is 1.26 bits per heavy atom. The van der Waals surface area contributed by atoms with Gasteiger partial charge in [0.2, 0.25) is 5.91 Å². The topological polar surface area (TPSA) is 71.5 Å². The highest BCUT2D eigenvalue weighted by atomic mass is 32.1. The van der Waals surface area contributed by atoms with Gasteiger partial charge in [0.25, 0.3) is 5.91 Å². The van der Waals surface area contributed by atoms with Crippen LogP contribution in [0.25, 0.3) is 0 Å². The van der Waals surface area contributed by atoms with Gasteiger partial charge in [0.1, 0.15) is 23.1 Å². The van der Waals surface area contributed by atoms with Crippen molar-refractivity contribution in [2.75, 3.05) is 13.1 Å². The molecule has 3 aromatic rings. The Morgan fingerprint density at radius 3 is 2.79 bits per heavy atom. The van der Waals surface area contributed by atoms with E-state index in [1.54, 1.807) is 11.5 Å². The fourth-order valence-corrected chi connectivity index (χ4v) is 4.81. The maximum Gasteiger partial charge on any atom is 0.271 e. The number of amides is 2. The van der Waals surface area contributed by atoms with Crippen LogP contribution in [0.15, 0.2) is 66.6 Å². The van der Waals surface area contributed by atoms with Crippen LogP contribution < -0.4 is 10.1 Å². The van der Waals surface area contributed by atoms with E-state index < -0.39 is 0 Å². The molecular formula is C27H29N3O3S. The molecule has 1 atom stereocenters. The first kappa shape index (κ1) is 23.7. The fourth-order valence-electron chi connectivity index (χ4n) is 4.13. The average molecular weight is 476 g/mol. The van der Waals surface area contributed by atoms with Crippen molar-refractivity contribution in [1.29, 1.82) is 0 Å². The third kappa shape index (κ3) is 5.20. The molecule has 0 fully saturated rings. The highest BCUT2D eigenvalue weighted by molar-refractivity contribution is 7.09. The van der Waals surface area contributed by atoms with E-state index in [0.717, 1.165) is 22.6 Å². The first-order chi connectivity index (χ1) is 16.5. The molecule has 0 saturated carbocycles. The molecule has 7 heteroatoms. The average Bonchev–Trinajstić information content (AvgIpc) is 3.34. The summed E-state index contributed by atoms with van der Waals surface area (Å²) in [6.07, 6.45) is 2.44. The lowest BCUT2D eigenvalue weighted by Gasteiger charge is -2.39. The minimum Gasteiger partial charge on any atom is -0.486 e. The number of fused-ring (bicyclic) bond motifs is 1. The number of ether oxygens (including phenoxy) is 1. The summed E-state index contributed by atoms with van der Waals surface area (Å²) >= 11 is 1.39. The molecule has 0 bridgehead atoms. The molecule has 2 aromatic carbocycles. The highest BCUT2D eigenvalue weighted by Gasteiger charge is 2.33. The Bertz CT molecular complexity index is 1170. The van der Waals surface area contributed by atoms with E-state index >= 15 is 0 Å². The molecule has 2 heterocycles. The van der Waals surface area contributed by atoms with E-state index in [-0.39, 0.29) is 30.4 Å². The van der Waals surface area contributed by atoms with Crippen LogP contribution in [0.2, 0.25) is 0 Å². The van der Waals surface area contributed by atoms with Crippen LogP contribution in [0.5, 0.6) is 5.75 Å². The van der Waals surface area contributed by atoms with Crippen LogP contribution >= 0.6 is 11.3 Å². The number of hydrogen-bond acceptors (Lipinski definition) is 5. The molecule has 0 saturated heterocycles. The first-order valence-corrected chi connectivity index (χ1v) is 12.3. The van der Waals surface area contributed by atoms with E-state index in [1.165, 1.54) is 16.9 Å². The zero-order valence-corrected chi connectivity index (χ0v) is 20.3. The maximum atomic E-state index is 13.1. The molecule has 4 rings (SSSR count). The third-order valence-electron chi connectivity index (χ3n) is 5.79. The molecule has 0 spiro atoms. The van der Waals surface area contributed by atoms with Crippen molar-refractivity contribution in [2.45, 2.75) is 32.9 Å². The normalized spacial score (nSPS) is 15.0. The Balaban J connectivity index is 1.56. The Hall–Kier alpha value is -3.45. The molecule has 34 heavy (non-hydrogen) atoms. The number of carbonyl (C=O) groups is 2. The van der Waals surface area contributed by atoms with Crippen molar-refractivity contribution in [3.63, 3.8) is 0 Å². The predicted octanol–water partition coefficient (Wildman–Crippen LogP) is 4.77.